The Morgan fingerprint density at radius 3 is 2.62 bits per heavy atom. The molecule has 1 aromatic heterocycles. The van der Waals surface area contributed by atoms with E-state index in [1.165, 1.54) is 0 Å². The highest BCUT2D eigenvalue weighted by molar-refractivity contribution is 9.10. The Morgan fingerprint density at radius 2 is 2.00 bits per heavy atom. The van der Waals surface area contributed by atoms with E-state index in [0.717, 1.165) is 30.3 Å². The number of nitrogens with zero attached hydrogens (tertiary/aromatic N) is 2. The van der Waals surface area contributed by atoms with E-state index < -0.39 is 0 Å². The van der Waals surface area contributed by atoms with Crippen LogP contribution in [0.1, 0.15) is 32.1 Å². The second-order valence-electron chi connectivity index (χ2n) is 6.45. The van der Waals surface area contributed by atoms with E-state index in [9.17, 15) is 9.59 Å². The molecule has 1 atom stereocenters. The van der Waals surface area contributed by atoms with Crippen molar-refractivity contribution in [3.8, 4) is 0 Å². The Labute approximate surface area is 150 Å². The van der Waals surface area contributed by atoms with Gasteiger partial charge in [-0.2, -0.15) is 0 Å². The lowest BCUT2D eigenvalue weighted by Gasteiger charge is -2.35. The van der Waals surface area contributed by atoms with E-state index >= 15 is 0 Å². The second kappa shape index (κ2) is 8.07. The lowest BCUT2D eigenvalue weighted by Crippen LogP contribution is -2.51. The van der Waals surface area contributed by atoms with Crippen molar-refractivity contribution in [3.05, 3.63) is 22.8 Å². The first-order valence-corrected chi connectivity index (χ1v) is 9.37. The summed E-state index contributed by atoms with van der Waals surface area (Å²) in [6.07, 6.45) is 6.27. The maximum absolute atomic E-state index is 12.5. The van der Waals surface area contributed by atoms with Crippen LogP contribution in [0.2, 0.25) is 0 Å². The maximum Gasteiger partial charge on any atom is 0.239 e. The summed E-state index contributed by atoms with van der Waals surface area (Å²) in [5.41, 5.74) is 0. The predicted molar refractivity (Wildman–Crippen MR) is 95.5 cm³/mol. The summed E-state index contributed by atoms with van der Waals surface area (Å²) in [5.74, 6) is 0.697. The Morgan fingerprint density at radius 1 is 1.21 bits per heavy atom. The van der Waals surface area contributed by atoms with E-state index in [2.05, 4.69) is 31.5 Å². The fourth-order valence-corrected chi connectivity index (χ4v) is 3.56. The number of likely N-dealkylation sites (tertiary alicyclic amines) is 1. The first kappa shape index (κ1) is 17.4. The zero-order valence-corrected chi connectivity index (χ0v) is 15.2. The van der Waals surface area contributed by atoms with Crippen LogP contribution in [-0.2, 0) is 9.59 Å². The van der Waals surface area contributed by atoms with Crippen molar-refractivity contribution in [1.29, 1.82) is 0 Å². The number of pyridine rings is 1. The molecule has 2 saturated heterocycles. The van der Waals surface area contributed by atoms with Crippen LogP contribution in [0.3, 0.4) is 0 Å². The Balaban J connectivity index is 1.48. The average molecular weight is 395 g/mol. The summed E-state index contributed by atoms with van der Waals surface area (Å²) >= 11 is 3.32. The molecule has 0 saturated carbocycles. The number of carbonyl (C=O) groups excluding carboxylic acids is 2. The molecule has 0 aliphatic carbocycles. The maximum atomic E-state index is 12.5. The largest absolute Gasteiger partial charge is 0.341 e. The molecule has 0 spiro atoms. The van der Waals surface area contributed by atoms with Gasteiger partial charge in [0.15, 0.2) is 0 Å². The molecule has 130 valence electrons. The minimum Gasteiger partial charge on any atom is -0.341 e. The van der Waals surface area contributed by atoms with E-state index in [1.807, 2.05) is 11.0 Å². The molecule has 2 aliphatic rings. The molecular formula is C17H23BrN4O2. The molecule has 0 aromatic carbocycles. The summed E-state index contributed by atoms with van der Waals surface area (Å²) < 4.78 is 0.878. The average Bonchev–Trinajstić information content (AvgIpc) is 2.64. The number of nitrogens with one attached hydrogen (secondary N) is 2. The molecule has 3 heterocycles. The van der Waals surface area contributed by atoms with Gasteiger partial charge >= 0.3 is 0 Å². The fraction of sp³-hybridized carbons (Fsp3) is 0.588. The molecule has 0 bridgehead atoms. The van der Waals surface area contributed by atoms with Crippen molar-refractivity contribution in [2.24, 2.45) is 5.92 Å². The number of amides is 2. The van der Waals surface area contributed by atoms with Gasteiger partial charge in [-0.25, -0.2) is 4.98 Å². The molecule has 2 amide bonds. The standard InChI is InChI=1S/C17H23BrN4O2/c18-13-4-5-15(20-11-13)21-16(23)12-6-9-22(10-7-12)17(24)14-3-1-2-8-19-14/h4-5,11-12,14,19H,1-3,6-10H2,(H,20,21,23). The van der Waals surface area contributed by atoms with Crippen LogP contribution in [-0.4, -0.2) is 47.4 Å². The van der Waals surface area contributed by atoms with Crippen molar-refractivity contribution in [2.75, 3.05) is 25.0 Å². The van der Waals surface area contributed by atoms with Gasteiger partial charge < -0.3 is 15.5 Å². The van der Waals surface area contributed by atoms with Gasteiger partial charge in [0.1, 0.15) is 5.82 Å². The second-order valence-corrected chi connectivity index (χ2v) is 7.37. The molecule has 1 aromatic rings. The van der Waals surface area contributed by atoms with Crippen LogP contribution in [0.5, 0.6) is 0 Å². The monoisotopic (exact) mass is 394 g/mol. The number of hydrogen-bond donors (Lipinski definition) is 2. The summed E-state index contributed by atoms with van der Waals surface area (Å²) in [6.45, 7) is 2.24. The fourth-order valence-electron chi connectivity index (χ4n) is 3.32. The third kappa shape index (κ3) is 4.33. The Bertz CT molecular complexity index is 579. The predicted octanol–water partition coefficient (Wildman–Crippen LogP) is 2.16. The van der Waals surface area contributed by atoms with Crippen LogP contribution in [0.4, 0.5) is 5.82 Å². The number of anilines is 1. The molecule has 24 heavy (non-hydrogen) atoms. The highest BCUT2D eigenvalue weighted by atomic mass is 79.9. The van der Waals surface area contributed by atoms with Crippen LogP contribution in [0.25, 0.3) is 0 Å². The summed E-state index contributed by atoms with van der Waals surface area (Å²) in [7, 11) is 0. The van der Waals surface area contributed by atoms with Crippen molar-refractivity contribution in [2.45, 2.75) is 38.1 Å². The molecule has 7 heteroatoms. The first-order chi connectivity index (χ1) is 11.6. The smallest absolute Gasteiger partial charge is 0.239 e. The van der Waals surface area contributed by atoms with Crippen LogP contribution in [0.15, 0.2) is 22.8 Å². The Kier molecular flexibility index (Phi) is 5.84. The minimum atomic E-state index is -0.0567. The quantitative estimate of drug-likeness (QED) is 0.823. The van der Waals surface area contributed by atoms with Gasteiger partial charge in [-0.3, -0.25) is 9.59 Å². The molecule has 2 aliphatic heterocycles. The van der Waals surface area contributed by atoms with Crippen LogP contribution in [0, 0.1) is 5.92 Å². The number of rotatable bonds is 3. The van der Waals surface area contributed by atoms with Crippen molar-refractivity contribution >= 4 is 33.6 Å². The highest BCUT2D eigenvalue weighted by Crippen LogP contribution is 2.21. The molecule has 1 unspecified atom stereocenters. The van der Waals surface area contributed by atoms with Gasteiger partial charge in [-0.05, 0) is 60.3 Å². The Hall–Kier alpha value is -1.47. The topological polar surface area (TPSA) is 74.3 Å². The molecule has 0 radical (unpaired) electrons. The molecule has 2 fully saturated rings. The zero-order valence-electron chi connectivity index (χ0n) is 13.6. The van der Waals surface area contributed by atoms with Crippen molar-refractivity contribution in [3.63, 3.8) is 0 Å². The van der Waals surface area contributed by atoms with Crippen molar-refractivity contribution in [1.82, 2.24) is 15.2 Å². The number of piperidine rings is 2. The van der Waals surface area contributed by atoms with Crippen LogP contribution < -0.4 is 10.6 Å². The SMILES string of the molecule is O=C(Nc1ccc(Br)cn1)C1CCN(C(=O)C2CCCCN2)CC1. The lowest BCUT2D eigenvalue weighted by atomic mass is 9.94. The number of aromatic nitrogens is 1. The third-order valence-corrected chi connectivity index (χ3v) is 5.23. The zero-order chi connectivity index (χ0) is 16.9. The van der Waals surface area contributed by atoms with Crippen LogP contribution >= 0.6 is 15.9 Å². The van der Waals surface area contributed by atoms with Gasteiger partial charge in [0.2, 0.25) is 11.8 Å². The first-order valence-electron chi connectivity index (χ1n) is 8.58. The number of carbonyl (C=O) groups is 2. The van der Waals surface area contributed by atoms with Crippen molar-refractivity contribution < 1.29 is 9.59 Å². The summed E-state index contributed by atoms with van der Waals surface area (Å²) in [5, 5.41) is 6.16. The van der Waals surface area contributed by atoms with Gasteiger partial charge in [0.05, 0.1) is 6.04 Å². The summed E-state index contributed by atoms with van der Waals surface area (Å²) in [6, 6.07) is 3.59. The molecular weight excluding hydrogens is 372 g/mol. The van der Waals surface area contributed by atoms with E-state index in [4.69, 9.17) is 0 Å². The highest BCUT2D eigenvalue weighted by Gasteiger charge is 2.31. The molecule has 3 rings (SSSR count). The number of hydrogen-bond acceptors (Lipinski definition) is 4. The molecule has 2 N–H and O–H groups in total. The third-order valence-electron chi connectivity index (χ3n) is 4.76. The summed E-state index contributed by atoms with van der Waals surface area (Å²) in [4.78, 5) is 30.9. The lowest BCUT2D eigenvalue weighted by molar-refractivity contribution is -0.137. The normalized spacial score (nSPS) is 22.2. The number of halogens is 1. The van der Waals surface area contributed by atoms with Gasteiger partial charge in [0.25, 0.3) is 0 Å². The van der Waals surface area contributed by atoms with E-state index in [1.54, 1.807) is 12.3 Å². The van der Waals surface area contributed by atoms with Gasteiger partial charge in [-0.1, -0.05) is 6.42 Å². The molecule has 6 nitrogen and oxygen atoms in total. The minimum absolute atomic E-state index is 0.00675. The van der Waals surface area contributed by atoms with E-state index in [0.29, 0.717) is 31.7 Å². The van der Waals surface area contributed by atoms with Gasteiger partial charge in [-0.15, -0.1) is 0 Å². The van der Waals surface area contributed by atoms with Gasteiger partial charge in [0, 0.05) is 29.7 Å². The van der Waals surface area contributed by atoms with E-state index in [-0.39, 0.29) is 23.8 Å².